The second-order valence-electron chi connectivity index (χ2n) is 4.08. The molecule has 0 radical (unpaired) electrons. The van der Waals surface area contributed by atoms with Gasteiger partial charge in [-0.05, 0) is 18.2 Å². The average Bonchev–Trinajstić information content (AvgIpc) is 2.62. The number of hydrogen-bond acceptors (Lipinski definition) is 4. The Labute approximate surface area is 103 Å². The summed E-state index contributed by atoms with van der Waals surface area (Å²) in [5.74, 6) is -0.333. The number of likely N-dealkylation sites (tertiary alicyclic amines) is 1. The second-order valence-corrected chi connectivity index (χ2v) is 4.51. The zero-order valence-corrected chi connectivity index (χ0v) is 9.76. The van der Waals surface area contributed by atoms with Gasteiger partial charge in [0.05, 0.1) is 17.8 Å². The van der Waals surface area contributed by atoms with Crippen molar-refractivity contribution in [1.82, 2.24) is 4.90 Å². The summed E-state index contributed by atoms with van der Waals surface area (Å²) in [7, 11) is 0. The fourth-order valence-electron chi connectivity index (χ4n) is 1.82. The molecule has 1 aromatic carbocycles. The molecule has 0 saturated carbocycles. The van der Waals surface area contributed by atoms with Gasteiger partial charge in [0.25, 0.3) is 5.91 Å². The number of amides is 1. The Morgan fingerprint density at radius 1 is 1.35 bits per heavy atom. The lowest BCUT2D eigenvalue weighted by Gasteiger charge is -2.16. The molecule has 2 rings (SSSR count). The van der Waals surface area contributed by atoms with Gasteiger partial charge in [0.1, 0.15) is 0 Å². The fourth-order valence-corrected chi connectivity index (χ4v) is 1.99. The zero-order chi connectivity index (χ0) is 12.6. The minimum atomic E-state index is -0.903. The summed E-state index contributed by atoms with van der Waals surface area (Å²) in [6, 6.07) is 4.64. The first-order valence-corrected chi connectivity index (χ1v) is 5.57. The third kappa shape index (κ3) is 2.36. The molecule has 1 aromatic rings. The molecule has 0 spiro atoms. The minimum Gasteiger partial charge on any atom is -0.398 e. The highest BCUT2D eigenvalue weighted by molar-refractivity contribution is 6.31. The number of nitrogens with zero attached hydrogens (tertiary/aromatic N) is 1. The van der Waals surface area contributed by atoms with Crippen molar-refractivity contribution < 1.29 is 15.0 Å². The Kier molecular flexibility index (Phi) is 3.24. The normalized spacial score (nSPS) is 24.1. The Balaban J connectivity index is 2.23. The van der Waals surface area contributed by atoms with Crippen LogP contribution in [0.15, 0.2) is 18.2 Å². The maximum Gasteiger partial charge on any atom is 0.256 e. The van der Waals surface area contributed by atoms with Gasteiger partial charge in [0.15, 0.2) is 0 Å². The summed E-state index contributed by atoms with van der Waals surface area (Å²) < 4.78 is 0. The van der Waals surface area contributed by atoms with Gasteiger partial charge >= 0.3 is 0 Å². The molecule has 1 fully saturated rings. The molecule has 5 nitrogen and oxygen atoms in total. The number of aliphatic hydroxyl groups is 2. The first-order valence-electron chi connectivity index (χ1n) is 5.19. The number of hydrogen-bond donors (Lipinski definition) is 3. The molecular weight excluding hydrogens is 244 g/mol. The van der Waals surface area contributed by atoms with E-state index in [1.165, 1.54) is 11.0 Å². The maximum atomic E-state index is 12.1. The number of halogens is 1. The summed E-state index contributed by atoms with van der Waals surface area (Å²) in [4.78, 5) is 13.4. The number of carbonyl (C=O) groups is 1. The van der Waals surface area contributed by atoms with Crippen LogP contribution in [0.2, 0.25) is 5.02 Å². The van der Waals surface area contributed by atoms with Crippen molar-refractivity contribution in [1.29, 1.82) is 0 Å². The van der Waals surface area contributed by atoms with Crippen LogP contribution in [0.25, 0.3) is 0 Å². The Morgan fingerprint density at radius 2 is 1.94 bits per heavy atom. The van der Waals surface area contributed by atoms with Crippen molar-refractivity contribution in [2.24, 2.45) is 0 Å². The Hall–Kier alpha value is -1.30. The van der Waals surface area contributed by atoms with E-state index in [-0.39, 0.29) is 19.0 Å². The van der Waals surface area contributed by atoms with Gasteiger partial charge in [-0.3, -0.25) is 4.79 Å². The zero-order valence-electron chi connectivity index (χ0n) is 9.01. The number of β-amino-alcohol motifs (C(OH)–C–C–N with tert-alkyl or cyclic N) is 2. The molecule has 1 heterocycles. The van der Waals surface area contributed by atoms with Crippen molar-refractivity contribution in [2.75, 3.05) is 18.8 Å². The lowest BCUT2D eigenvalue weighted by Crippen LogP contribution is -2.30. The van der Waals surface area contributed by atoms with Gasteiger partial charge in [0, 0.05) is 23.8 Å². The van der Waals surface area contributed by atoms with E-state index in [1.807, 2.05) is 0 Å². The molecule has 2 atom stereocenters. The average molecular weight is 257 g/mol. The molecular formula is C11H13ClN2O3. The van der Waals surface area contributed by atoms with Crippen LogP contribution in [0, 0.1) is 0 Å². The molecule has 17 heavy (non-hydrogen) atoms. The molecule has 4 N–H and O–H groups in total. The van der Waals surface area contributed by atoms with Gasteiger partial charge in [-0.25, -0.2) is 0 Å². The fraction of sp³-hybridized carbons (Fsp3) is 0.364. The molecule has 0 aromatic heterocycles. The van der Waals surface area contributed by atoms with E-state index in [0.29, 0.717) is 16.3 Å². The summed E-state index contributed by atoms with van der Waals surface area (Å²) in [5, 5.41) is 19.2. The number of rotatable bonds is 1. The molecule has 92 valence electrons. The van der Waals surface area contributed by atoms with E-state index < -0.39 is 12.2 Å². The van der Waals surface area contributed by atoms with Crippen LogP contribution in [-0.4, -0.2) is 46.3 Å². The molecule has 1 aliphatic rings. The van der Waals surface area contributed by atoms with Gasteiger partial charge in [-0.2, -0.15) is 0 Å². The van der Waals surface area contributed by atoms with Gasteiger partial charge < -0.3 is 20.8 Å². The monoisotopic (exact) mass is 256 g/mol. The minimum absolute atomic E-state index is 0.103. The largest absolute Gasteiger partial charge is 0.398 e. The topological polar surface area (TPSA) is 86.8 Å². The van der Waals surface area contributed by atoms with Crippen LogP contribution in [0.3, 0.4) is 0 Å². The summed E-state index contributed by atoms with van der Waals surface area (Å²) >= 11 is 5.80. The van der Waals surface area contributed by atoms with Gasteiger partial charge in [0.2, 0.25) is 0 Å². The van der Waals surface area contributed by atoms with Gasteiger partial charge in [-0.1, -0.05) is 11.6 Å². The highest BCUT2D eigenvalue weighted by atomic mass is 35.5. The summed E-state index contributed by atoms with van der Waals surface area (Å²) in [6.07, 6.45) is -1.81. The number of nitrogen functional groups attached to an aromatic ring is 1. The number of nitrogens with two attached hydrogens (primary N) is 1. The smallest absolute Gasteiger partial charge is 0.256 e. The molecule has 1 amide bonds. The maximum absolute atomic E-state index is 12.1. The first kappa shape index (κ1) is 12.2. The molecule has 1 saturated heterocycles. The third-order valence-corrected chi connectivity index (χ3v) is 3.03. The molecule has 1 aliphatic heterocycles. The van der Waals surface area contributed by atoms with Crippen molar-refractivity contribution in [3.05, 3.63) is 28.8 Å². The Bertz CT molecular complexity index is 442. The highest BCUT2D eigenvalue weighted by Gasteiger charge is 2.33. The van der Waals surface area contributed by atoms with Crippen molar-refractivity contribution in [3.8, 4) is 0 Å². The summed E-state index contributed by atoms with van der Waals surface area (Å²) in [5.41, 5.74) is 6.32. The van der Waals surface area contributed by atoms with Crippen LogP contribution in [0.4, 0.5) is 5.69 Å². The summed E-state index contributed by atoms with van der Waals surface area (Å²) in [6.45, 7) is 0.206. The predicted octanol–water partition coefficient (Wildman–Crippen LogP) is 0.0998. The van der Waals surface area contributed by atoms with Crippen molar-refractivity contribution in [3.63, 3.8) is 0 Å². The van der Waals surface area contributed by atoms with Crippen molar-refractivity contribution >= 4 is 23.2 Å². The van der Waals surface area contributed by atoms with Crippen LogP contribution in [0.1, 0.15) is 10.4 Å². The number of carbonyl (C=O) groups excluding carboxylic acids is 1. The highest BCUT2D eigenvalue weighted by Crippen LogP contribution is 2.21. The van der Waals surface area contributed by atoms with E-state index in [4.69, 9.17) is 17.3 Å². The molecule has 6 heteroatoms. The molecule has 2 unspecified atom stereocenters. The van der Waals surface area contributed by atoms with E-state index >= 15 is 0 Å². The third-order valence-electron chi connectivity index (χ3n) is 2.79. The van der Waals surface area contributed by atoms with Crippen molar-refractivity contribution in [2.45, 2.75) is 12.2 Å². The lowest BCUT2D eigenvalue weighted by molar-refractivity contribution is 0.0572. The quantitative estimate of drug-likeness (QED) is 0.622. The van der Waals surface area contributed by atoms with Crippen LogP contribution in [0.5, 0.6) is 0 Å². The van der Waals surface area contributed by atoms with E-state index in [0.717, 1.165) is 0 Å². The SMILES string of the molecule is Nc1ccc(Cl)cc1C(=O)N1CC(O)C(O)C1. The van der Waals surface area contributed by atoms with E-state index in [9.17, 15) is 15.0 Å². The number of anilines is 1. The van der Waals surface area contributed by atoms with Crippen LogP contribution < -0.4 is 5.73 Å². The van der Waals surface area contributed by atoms with E-state index in [1.54, 1.807) is 12.1 Å². The van der Waals surface area contributed by atoms with Crippen LogP contribution >= 0.6 is 11.6 Å². The molecule has 0 bridgehead atoms. The second kappa shape index (κ2) is 4.52. The first-order chi connectivity index (χ1) is 7.99. The standard InChI is InChI=1S/C11H13ClN2O3/c12-6-1-2-8(13)7(3-6)11(17)14-4-9(15)10(16)5-14/h1-3,9-10,15-16H,4-5,13H2. The molecule has 0 aliphatic carbocycles. The Morgan fingerprint density at radius 3 is 2.53 bits per heavy atom. The van der Waals surface area contributed by atoms with Crippen LogP contribution in [-0.2, 0) is 0 Å². The lowest BCUT2D eigenvalue weighted by atomic mass is 10.1. The van der Waals surface area contributed by atoms with E-state index in [2.05, 4.69) is 0 Å². The van der Waals surface area contributed by atoms with Gasteiger partial charge in [-0.15, -0.1) is 0 Å². The predicted molar refractivity (Wildman–Crippen MR) is 63.8 cm³/mol. The number of aliphatic hydroxyl groups excluding tert-OH is 2. The number of benzene rings is 1.